The Bertz CT molecular complexity index is 281. The second-order valence-electron chi connectivity index (χ2n) is 7.31. The van der Waals surface area contributed by atoms with E-state index in [1.807, 2.05) is 13.8 Å². The predicted molar refractivity (Wildman–Crippen MR) is 69.6 cm³/mol. The minimum Gasteiger partial charge on any atom is -0.390 e. The van der Waals surface area contributed by atoms with Crippen molar-refractivity contribution in [3.05, 3.63) is 0 Å². The summed E-state index contributed by atoms with van der Waals surface area (Å²) < 4.78 is 0. The molecule has 2 aliphatic carbocycles. The highest BCUT2D eigenvalue weighted by atomic mass is 16.3. The Balaban J connectivity index is 2.22. The first-order chi connectivity index (χ1) is 7.73. The molecule has 0 aliphatic heterocycles. The fraction of sp³-hybridized carbons (Fsp3) is 1.00. The Morgan fingerprint density at radius 3 is 2.29 bits per heavy atom. The molecule has 2 fully saturated rings. The van der Waals surface area contributed by atoms with Gasteiger partial charge in [-0.3, -0.25) is 0 Å². The molecule has 17 heavy (non-hydrogen) atoms. The summed E-state index contributed by atoms with van der Waals surface area (Å²) in [5.74, 6) is 2.23. The highest BCUT2D eigenvalue weighted by Gasteiger charge is 2.50. The number of aliphatic hydroxyl groups is 2. The van der Waals surface area contributed by atoms with Gasteiger partial charge in [-0.15, -0.1) is 0 Å². The van der Waals surface area contributed by atoms with Crippen LogP contribution in [0.4, 0.5) is 0 Å². The smallest absolute Gasteiger partial charge is 0.0650 e. The van der Waals surface area contributed by atoms with Crippen LogP contribution in [-0.4, -0.2) is 21.4 Å². The van der Waals surface area contributed by atoms with Crippen molar-refractivity contribution >= 4 is 0 Å². The molecule has 2 saturated carbocycles. The first kappa shape index (κ1) is 13.4. The Morgan fingerprint density at radius 2 is 1.71 bits per heavy atom. The molecule has 100 valence electrons. The Morgan fingerprint density at radius 1 is 1.06 bits per heavy atom. The van der Waals surface area contributed by atoms with Gasteiger partial charge >= 0.3 is 0 Å². The van der Waals surface area contributed by atoms with Crippen molar-refractivity contribution in [2.24, 2.45) is 23.7 Å². The van der Waals surface area contributed by atoms with Crippen LogP contribution < -0.4 is 0 Å². The Hall–Kier alpha value is -0.0800. The van der Waals surface area contributed by atoms with E-state index in [0.717, 1.165) is 32.1 Å². The van der Waals surface area contributed by atoms with E-state index in [2.05, 4.69) is 13.8 Å². The van der Waals surface area contributed by atoms with Crippen molar-refractivity contribution < 1.29 is 10.2 Å². The minimum atomic E-state index is -0.512. The van der Waals surface area contributed by atoms with Gasteiger partial charge in [0.2, 0.25) is 0 Å². The van der Waals surface area contributed by atoms with Gasteiger partial charge in [-0.25, -0.2) is 0 Å². The van der Waals surface area contributed by atoms with Gasteiger partial charge in [0.25, 0.3) is 0 Å². The fourth-order valence-corrected chi connectivity index (χ4v) is 4.34. The third-order valence-electron chi connectivity index (χ3n) is 5.38. The lowest BCUT2D eigenvalue weighted by Gasteiger charge is -2.53. The quantitative estimate of drug-likeness (QED) is 0.740. The van der Waals surface area contributed by atoms with Gasteiger partial charge < -0.3 is 10.2 Å². The molecular weight excluding hydrogens is 212 g/mol. The van der Waals surface area contributed by atoms with Gasteiger partial charge in [0.15, 0.2) is 0 Å². The Kier molecular flexibility index (Phi) is 3.33. The molecule has 2 N–H and O–H groups in total. The van der Waals surface area contributed by atoms with Crippen LogP contribution in [0, 0.1) is 23.7 Å². The number of fused-ring (bicyclic) bond motifs is 1. The van der Waals surface area contributed by atoms with Crippen molar-refractivity contribution in [2.45, 2.75) is 71.0 Å². The minimum absolute atomic E-state index is 0.392. The summed E-state index contributed by atoms with van der Waals surface area (Å²) in [6.45, 7) is 8.53. The lowest BCUT2D eigenvalue weighted by atomic mass is 9.55. The lowest BCUT2D eigenvalue weighted by Crippen LogP contribution is -2.53. The van der Waals surface area contributed by atoms with E-state index in [4.69, 9.17) is 0 Å². The van der Waals surface area contributed by atoms with Crippen LogP contribution >= 0.6 is 0 Å². The van der Waals surface area contributed by atoms with Crippen molar-refractivity contribution in [2.75, 3.05) is 0 Å². The first-order valence-corrected chi connectivity index (χ1v) is 7.18. The van der Waals surface area contributed by atoms with Crippen LogP contribution in [0.3, 0.4) is 0 Å². The third kappa shape index (κ3) is 2.53. The van der Waals surface area contributed by atoms with Gasteiger partial charge in [-0.2, -0.15) is 0 Å². The third-order valence-corrected chi connectivity index (χ3v) is 5.38. The normalized spacial score (nSPS) is 51.4. The first-order valence-electron chi connectivity index (χ1n) is 7.18. The highest BCUT2D eigenvalue weighted by Crippen LogP contribution is 2.52. The molecule has 0 spiro atoms. The standard InChI is InChI=1S/C15H28O2/c1-10(2)11-5-8-15(4,17)13-6-7-14(3,16)9-12(11)13/h10-13,16-17H,5-9H2,1-4H3/t11-,12-,13+,14-,15+/m0/s1. The van der Waals surface area contributed by atoms with Gasteiger partial charge in [0.1, 0.15) is 0 Å². The number of hydrogen-bond donors (Lipinski definition) is 2. The topological polar surface area (TPSA) is 40.5 Å². The summed E-state index contributed by atoms with van der Waals surface area (Å²) in [5.41, 5.74) is -1.02. The molecule has 0 amide bonds. The zero-order valence-corrected chi connectivity index (χ0v) is 11.7. The highest BCUT2D eigenvalue weighted by molar-refractivity contribution is 5.01. The molecule has 2 aliphatic rings. The molecule has 2 nitrogen and oxygen atoms in total. The van der Waals surface area contributed by atoms with E-state index in [-0.39, 0.29) is 0 Å². The summed E-state index contributed by atoms with van der Waals surface area (Å²) >= 11 is 0. The van der Waals surface area contributed by atoms with E-state index in [0.29, 0.717) is 23.7 Å². The molecule has 0 aromatic heterocycles. The van der Waals surface area contributed by atoms with Crippen LogP contribution in [-0.2, 0) is 0 Å². The van der Waals surface area contributed by atoms with E-state index in [1.54, 1.807) is 0 Å². The lowest BCUT2D eigenvalue weighted by molar-refractivity contribution is -0.140. The van der Waals surface area contributed by atoms with Crippen LogP contribution in [0.25, 0.3) is 0 Å². The maximum absolute atomic E-state index is 10.6. The summed E-state index contributed by atoms with van der Waals surface area (Å²) in [6, 6.07) is 0. The molecule has 0 saturated heterocycles. The Labute approximate surface area is 105 Å². The number of hydrogen-bond acceptors (Lipinski definition) is 2. The molecule has 2 rings (SSSR count). The molecule has 0 radical (unpaired) electrons. The van der Waals surface area contributed by atoms with E-state index in [9.17, 15) is 10.2 Å². The monoisotopic (exact) mass is 240 g/mol. The maximum atomic E-state index is 10.6. The maximum Gasteiger partial charge on any atom is 0.0650 e. The van der Waals surface area contributed by atoms with Gasteiger partial charge in [0, 0.05) is 0 Å². The van der Waals surface area contributed by atoms with Crippen LogP contribution in [0.2, 0.25) is 0 Å². The van der Waals surface area contributed by atoms with Crippen molar-refractivity contribution in [3.8, 4) is 0 Å². The van der Waals surface area contributed by atoms with E-state index in [1.165, 1.54) is 0 Å². The second-order valence-corrected chi connectivity index (χ2v) is 7.31. The predicted octanol–water partition coefficient (Wildman–Crippen LogP) is 2.97. The van der Waals surface area contributed by atoms with Crippen LogP contribution in [0.15, 0.2) is 0 Å². The second kappa shape index (κ2) is 4.24. The molecule has 0 aromatic rings. The van der Waals surface area contributed by atoms with E-state index < -0.39 is 11.2 Å². The van der Waals surface area contributed by atoms with Gasteiger partial charge in [-0.05, 0) is 69.6 Å². The SMILES string of the molecule is CC(C)[C@@H]1CC[C@@](C)(O)[C@@H]2CC[C@](C)(O)C[C@H]21. The van der Waals surface area contributed by atoms with Gasteiger partial charge in [-0.1, -0.05) is 13.8 Å². The van der Waals surface area contributed by atoms with Crippen molar-refractivity contribution in [1.82, 2.24) is 0 Å². The van der Waals surface area contributed by atoms with Crippen molar-refractivity contribution in [1.29, 1.82) is 0 Å². The molecule has 0 heterocycles. The van der Waals surface area contributed by atoms with Gasteiger partial charge in [0.05, 0.1) is 11.2 Å². The molecular formula is C15H28O2. The summed E-state index contributed by atoms with van der Waals surface area (Å²) in [4.78, 5) is 0. The largest absolute Gasteiger partial charge is 0.390 e. The van der Waals surface area contributed by atoms with Crippen LogP contribution in [0.1, 0.15) is 59.8 Å². The van der Waals surface area contributed by atoms with Crippen molar-refractivity contribution in [3.63, 3.8) is 0 Å². The molecule has 0 unspecified atom stereocenters. The summed E-state index contributed by atoms with van der Waals surface area (Å²) in [5, 5.41) is 20.9. The van der Waals surface area contributed by atoms with E-state index >= 15 is 0 Å². The van der Waals surface area contributed by atoms with Crippen LogP contribution in [0.5, 0.6) is 0 Å². The zero-order chi connectivity index (χ0) is 12.8. The average molecular weight is 240 g/mol. The summed E-state index contributed by atoms with van der Waals surface area (Å²) in [7, 11) is 0. The average Bonchev–Trinajstić information content (AvgIpc) is 2.14. The number of rotatable bonds is 1. The fourth-order valence-electron chi connectivity index (χ4n) is 4.34. The molecule has 5 atom stereocenters. The summed E-state index contributed by atoms with van der Waals surface area (Å²) in [6.07, 6.45) is 4.74. The molecule has 0 bridgehead atoms. The molecule has 2 heteroatoms. The molecule has 0 aromatic carbocycles. The zero-order valence-electron chi connectivity index (χ0n) is 11.7.